The first-order chi connectivity index (χ1) is 15.2. The smallest absolute Gasteiger partial charge is 0.262 e. The molecule has 4 rings (SSSR count). The average Bonchev–Trinajstić information content (AvgIpc) is 3.26. The number of thioether (sulfide) groups is 1. The molecule has 0 amide bonds. The molecule has 0 atom stereocenters. The zero-order valence-corrected chi connectivity index (χ0v) is 18.4. The van der Waals surface area contributed by atoms with Gasteiger partial charge in [0.25, 0.3) is 5.56 Å². The van der Waals surface area contributed by atoms with Crippen LogP contribution >= 0.6 is 11.8 Å². The van der Waals surface area contributed by atoms with Gasteiger partial charge in [0.05, 0.1) is 16.7 Å². The summed E-state index contributed by atoms with van der Waals surface area (Å²) in [4.78, 5) is 22.3. The van der Waals surface area contributed by atoms with Crippen LogP contribution < -0.4 is 5.56 Å². The van der Waals surface area contributed by atoms with E-state index in [4.69, 9.17) is 14.2 Å². The van der Waals surface area contributed by atoms with Crippen LogP contribution in [-0.4, -0.2) is 32.9 Å². The van der Waals surface area contributed by atoms with E-state index in [0.29, 0.717) is 53.3 Å². The van der Waals surface area contributed by atoms with Gasteiger partial charge in [-0.05, 0) is 32.4 Å². The van der Waals surface area contributed by atoms with Gasteiger partial charge in [-0.3, -0.25) is 9.36 Å². The number of para-hydroxylation sites is 1. The number of aryl methyl sites for hydroxylation is 1. The van der Waals surface area contributed by atoms with E-state index in [9.17, 15) is 4.79 Å². The van der Waals surface area contributed by atoms with Crippen molar-refractivity contribution < 1.29 is 9.26 Å². The Morgan fingerprint density at radius 3 is 2.71 bits per heavy atom. The summed E-state index contributed by atoms with van der Waals surface area (Å²) in [5.74, 6) is 1.47. The number of ether oxygens (including phenoxy) is 1. The van der Waals surface area contributed by atoms with E-state index >= 15 is 0 Å². The van der Waals surface area contributed by atoms with Crippen molar-refractivity contribution in [1.82, 2.24) is 19.7 Å². The van der Waals surface area contributed by atoms with Crippen molar-refractivity contribution in [1.29, 1.82) is 0 Å². The van der Waals surface area contributed by atoms with Crippen LogP contribution in [0.3, 0.4) is 0 Å². The molecule has 0 saturated carbocycles. The standard InChI is InChI=1S/C23H24N4O3S/c1-3-29-14-6-13-27-22(28)18-7-4-5-8-19(18)24-23(27)31-15-20-25-21(26-30-20)17-11-9-16(2)10-12-17/h4-5,7-12H,3,6,13-15H2,1-2H3. The lowest BCUT2D eigenvalue weighted by Crippen LogP contribution is -2.24. The second-order valence-corrected chi connectivity index (χ2v) is 8.03. The molecular weight excluding hydrogens is 412 g/mol. The summed E-state index contributed by atoms with van der Waals surface area (Å²) in [5.41, 5.74) is 2.72. The van der Waals surface area contributed by atoms with Gasteiger partial charge in [-0.25, -0.2) is 4.98 Å². The van der Waals surface area contributed by atoms with E-state index in [2.05, 4.69) is 10.1 Å². The highest BCUT2D eigenvalue weighted by Gasteiger charge is 2.14. The van der Waals surface area contributed by atoms with Crippen molar-refractivity contribution >= 4 is 22.7 Å². The number of hydrogen-bond donors (Lipinski definition) is 0. The second kappa shape index (κ2) is 9.89. The summed E-state index contributed by atoms with van der Waals surface area (Å²) in [6, 6.07) is 15.4. The van der Waals surface area contributed by atoms with Gasteiger partial charge in [-0.1, -0.05) is 58.9 Å². The van der Waals surface area contributed by atoms with Gasteiger partial charge in [0.2, 0.25) is 11.7 Å². The largest absolute Gasteiger partial charge is 0.382 e. The van der Waals surface area contributed by atoms with Gasteiger partial charge in [0, 0.05) is 25.3 Å². The van der Waals surface area contributed by atoms with E-state index in [-0.39, 0.29) is 5.56 Å². The monoisotopic (exact) mass is 436 g/mol. The molecule has 0 aliphatic rings. The van der Waals surface area contributed by atoms with Gasteiger partial charge in [-0.2, -0.15) is 4.98 Å². The van der Waals surface area contributed by atoms with E-state index < -0.39 is 0 Å². The molecule has 2 heterocycles. The Hall–Kier alpha value is -2.97. The van der Waals surface area contributed by atoms with Crippen LogP contribution in [0.2, 0.25) is 0 Å². The molecule has 0 spiro atoms. The highest BCUT2D eigenvalue weighted by Crippen LogP contribution is 2.23. The molecular formula is C23H24N4O3S. The third-order valence-corrected chi connectivity index (χ3v) is 5.76. The Kier molecular flexibility index (Phi) is 6.79. The minimum atomic E-state index is -0.0459. The summed E-state index contributed by atoms with van der Waals surface area (Å²) in [6.07, 6.45) is 0.736. The van der Waals surface area contributed by atoms with E-state index in [1.807, 2.05) is 62.4 Å². The van der Waals surface area contributed by atoms with Crippen LogP contribution in [0.1, 0.15) is 24.8 Å². The van der Waals surface area contributed by atoms with E-state index in [0.717, 1.165) is 12.0 Å². The highest BCUT2D eigenvalue weighted by atomic mass is 32.2. The molecule has 2 aromatic carbocycles. The van der Waals surface area contributed by atoms with Crippen molar-refractivity contribution in [2.45, 2.75) is 37.7 Å². The Morgan fingerprint density at radius 1 is 1.10 bits per heavy atom. The van der Waals surface area contributed by atoms with Crippen molar-refractivity contribution in [2.24, 2.45) is 0 Å². The minimum absolute atomic E-state index is 0.0459. The molecule has 0 bridgehead atoms. The van der Waals surface area contributed by atoms with Crippen LogP contribution in [-0.2, 0) is 17.0 Å². The highest BCUT2D eigenvalue weighted by molar-refractivity contribution is 7.98. The molecule has 0 saturated heterocycles. The normalized spacial score (nSPS) is 11.3. The molecule has 7 nitrogen and oxygen atoms in total. The van der Waals surface area contributed by atoms with E-state index in [1.54, 1.807) is 4.57 Å². The van der Waals surface area contributed by atoms with Crippen LogP contribution in [0.15, 0.2) is 63.0 Å². The molecule has 0 aliphatic carbocycles. The molecule has 160 valence electrons. The number of hydrogen-bond acceptors (Lipinski definition) is 7. The molecule has 0 radical (unpaired) electrons. The van der Waals surface area contributed by atoms with Crippen molar-refractivity contribution in [3.63, 3.8) is 0 Å². The molecule has 4 aromatic rings. The second-order valence-electron chi connectivity index (χ2n) is 7.09. The summed E-state index contributed by atoms with van der Waals surface area (Å²) in [6.45, 7) is 5.79. The number of benzene rings is 2. The Balaban J connectivity index is 1.55. The molecule has 2 aromatic heterocycles. The van der Waals surface area contributed by atoms with Crippen LogP contribution in [0.5, 0.6) is 0 Å². The topological polar surface area (TPSA) is 83.0 Å². The van der Waals surface area contributed by atoms with Gasteiger partial charge in [-0.15, -0.1) is 0 Å². The minimum Gasteiger partial charge on any atom is -0.382 e. The first-order valence-electron chi connectivity index (χ1n) is 10.3. The fraction of sp³-hybridized carbons (Fsp3) is 0.304. The fourth-order valence-corrected chi connectivity index (χ4v) is 4.05. The lowest BCUT2D eigenvalue weighted by molar-refractivity contribution is 0.140. The maximum Gasteiger partial charge on any atom is 0.262 e. The molecule has 8 heteroatoms. The van der Waals surface area contributed by atoms with Crippen molar-refractivity contribution in [3.8, 4) is 11.4 Å². The lowest BCUT2D eigenvalue weighted by Gasteiger charge is -2.12. The Morgan fingerprint density at radius 2 is 1.90 bits per heavy atom. The predicted molar refractivity (Wildman–Crippen MR) is 121 cm³/mol. The first-order valence-corrected chi connectivity index (χ1v) is 11.2. The molecule has 0 N–H and O–H groups in total. The fourth-order valence-electron chi connectivity index (χ4n) is 3.18. The first kappa shape index (κ1) is 21.3. The number of rotatable bonds is 9. The van der Waals surface area contributed by atoms with Gasteiger partial charge in [0.1, 0.15) is 0 Å². The van der Waals surface area contributed by atoms with Gasteiger partial charge in [0.15, 0.2) is 5.16 Å². The Labute approximate surface area is 184 Å². The average molecular weight is 437 g/mol. The predicted octanol–water partition coefficient (Wildman–Crippen LogP) is 4.47. The maximum atomic E-state index is 13.1. The third-order valence-electron chi connectivity index (χ3n) is 4.80. The van der Waals surface area contributed by atoms with Crippen LogP contribution in [0.4, 0.5) is 0 Å². The summed E-state index contributed by atoms with van der Waals surface area (Å²) in [5, 5.41) is 5.33. The summed E-state index contributed by atoms with van der Waals surface area (Å²) < 4.78 is 12.6. The molecule has 0 fully saturated rings. The molecule has 0 aliphatic heterocycles. The summed E-state index contributed by atoms with van der Waals surface area (Å²) in [7, 11) is 0. The zero-order chi connectivity index (χ0) is 21.6. The SMILES string of the molecule is CCOCCCn1c(SCc2nc(-c3ccc(C)cc3)no2)nc2ccccc2c1=O. The van der Waals surface area contributed by atoms with Crippen molar-refractivity contribution in [3.05, 3.63) is 70.3 Å². The van der Waals surface area contributed by atoms with Crippen molar-refractivity contribution in [2.75, 3.05) is 13.2 Å². The summed E-state index contributed by atoms with van der Waals surface area (Å²) >= 11 is 1.42. The quantitative estimate of drug-likeness (QED) is 0.217. The Bertz CT molecular complexity index is 1220. The third kappa shape index (κ3) is 5.03. The number of fused-ring (bicyclic) bond motifs is 1. The number of aromatic nitrogens is 4. The zero-order valence-electron chi connectivity index (χ0n) is 17.6. The van der Waals surface area contributed by atoms with Gasteiger partial charge >= 0.3 is 0 Å². The van der Waals surface area contributed by atoms with E-state index in [1.165, 1.54) is 17.3 Å². The van der Waals surface area contributed by atoms with Crippen LogP contribution in [0, 0.1) is 6.92 Å². The number of nitrogens with zero attached hydrogens (tertiary/aromatic N) is 4. The maximum absolute atomic E-state index is 13.1. The van der Waals surface area contributed by atoms with Gasteiger partial charge < -0.3 is 9.26 Å². The molecule has 0 unspecified atom stereocenters. The molecule has 31 heavy (non-hydrogen) atoms. The van der Waals surface area contributed by atoms with Crippen LogP contribution in [0.25, 0.3) is 22.3 Å². The lowest BCUT2D eigenvalue weighted by atomic mass is 10.1.